The van der Waals surface area contributed by atoms with E-state index in [1.165, 1.54) is 17.8 Å². The largest absolute Gasteiger partial charge is 0.324 e. The highest BCUT2D eigenvalue weighted by atomic mass is 32.2. The molecule has 1 aliphatic heterocycles. The van der Waals surface area contributed by atoms with Gasteiger partial charge in [-0.05, 0) is 38.1 Å². The number of amides is 2. The highest BCUT2D eigenvalue weighted by molar-refractivity contribution is 8.00. The van der Waals surface area contributed by atoms with Crippen molar-refractivity contribution in [2.45, 2.75) is 24.0 Å². The topological polar surface area (TPSA) is 101 Å². The number of hydrogen-bond donors (Lipinski definition) is 2. The van der Waals surface area contributed by atoms with Crippen molar-refractivity contribution in [3.63, 3.8) is 0 Å². The van der Waals surface area contributed by atoms with Crippen molar-refractivity contribution >= 4 is 40.6 Å². The van der Waals surface area contributed by atoms with Gasteiger partial charge in [-0.2, -0.15) is 0 Å². The average molecular weight is 357 g/mol. The van der Waals surface area contributed by atoms with E-state index in [1.807, 2.05) is 6.92 Å². The van der Waals surface area contributed by atoms with Crippen molar-refractivity contribution in [3.8, 4) is 0 Å². The Balaban J connectivity index is 1.83. The zero-order chi connectivity index (χ0) is 18.1. The summed E-state index contributed by atoms with van der Waals surface area (Å²) in [7, 11) is 0. The van der Waals surface area contributed by atoms with Gasteiger partial charge in [0.2, 0.25) is 5.91 Å². The van der Waals surface area contributed by atoms with Crippen LogP contribution < -0.4 is 10.6 Å². The summed E-state index contributed by atoms with van der Waals surface area (Å²) in [6, 6.07) is 9.56. The minimum Gasteiger partial charge on any atom is -0.324 e. The molecule has 7 nitrogen and oxygen atoms in total. The molecule has 0 radical (unpaired) electrons. The summed E-state index contributed by atoms with van der Waals surface area (Å²) in [5, 5.41) is 16.2. The van der Waals surface area contributed by atoms with Crippen LogP contribution in [-0.2, 0) is 4.79 Å². The summed E-state index contributed by atoms with van der Waals surface area (Å²) >= 11 is 1.43. The number of carbonyl (C=O) groups is 2. The molecule has 1 heterocycles. The Labute approximate surface area is 148 Å². The van der Waals surface area contributed by atoms with E-state index in [0.717, 1.165) is 4.90 Å². The number of nitrogens with one attached hydrogen (secondary N) is 2. The van der Waals surface area contributed by atoms with Gasteiger partial charge in [-0.3, -0.25) is 19.7 Å². The molecule has 128 valence electrons. The first kappa shape index (κ1) is 17.0. The van der Waals surface area contributed by atoms with Gasteiger partial charge in [-0.25, -0.2) is 0 Å². The van der Waals surface area contributed by atoms with Gasteiger partial charge in [0, 0.05) is 27.8 Å². The van der Waals surface area contributed by atoms with Crippen LogP contribution in [-0.4, -0.2) is 22.0 Å². The first-order valence-electron chi connectivity index (χ1n) is 7.53. The maximum absolute atomic E-state index is 12.4. The first-order chi connectivity index (χ1) is 11.8. The summed E-state index contributed by atoms with van der Waals surface area (Å²) in [6.07, 6.45) is 0. The van der Waals surface area contributed by atoms with E-state index in [9.17, 15) is 19.7 Å². The lowest BCUT2D eigenvalue weighted by Gasteiger charge is -2.21. The Hall–Kier alpha value is -2.87. The summed E-state index contributed by atoms with van der Waals surface area (Å²) < 4.78 is 0. The number of aryl methyl sites for hydroxylation is 1. The van der Waals surface area contributed by atoms with Crippen molar-refractivity contribution in [2.75, 3.05) is 10.6 Å². The quantitative estimate of drug-likeness (QED) is 0.646. The van der Waals surface area contributed by atoms with Crippen LogP contribution in [0.2, 0.25) is 0 Å². The first-order valence-corrected chi connectivity index (χ1v) is 8.41. The van der Waals surface area contributed by atoms with Gasteiger partial charge in [-0.15, -0.1) is 11.8 Å². The Morgan fingerprint density at radius 3 is 2.76 bits per heavy atom. The number of anilines is 2. The normalized spacial score (nSPS) is 15.9. The van der Waals surface area contributed by atoms with Crippen LogP contribution in [0.1, 0.15) is 22.8 Å². The van der Waals surface area contributed by atoms with Crippen molar-refractivity contribution in [1.82, 2.24) is 0 Å². The number of nitrogens with zero attached hydrogens (tertiary/aromatic N) is 1. The molecule has 0 saturated heterocycles. The third-order valence-electron chi connectivity index (χ3n) is 3.84. The number of rotatable bonds is 3. The summed E-state index contributed by atoms with van der Waals surface area (Å²) in [5.41, 5.74) is 1.76. The molecule has 25 heavy (non-hydrogen) atoms. The van der Waals surface area contributed by atoms with E-state index in [2.05, 4.69) is 10.6 Å². The number of nitro benzene ring substituents is 1. The maximum atomic E-state index is 12.4. The second-order valence-electron chi connectivity index (χ2n) is 5.67. The molecular weight excluding hydrogens is 342 g/mol. The predicted molar refractivity (Wildman–Crippen MR) is 96.2 cm³/mol. The zero-order valence-electron chi connectivity index (χ0n) is 13.5. The molecule has 1 aliphatic rings. The van der Waals surface area contributed by atoms with E-state index in [0.29, 0.717) is 22.5 Å². The van der Waals surface area contributed by atoms with Crippen molar-refractivity contribution < 1.29 is 14.5 Å². The Morgan fingerprint density at radius 1 is 1.28 bits per heavy atom. The number of hydrogen-bond acceptors (Lipinski definition) is 5. The van der Waals surface area contributed by atoms with E-state index >= 15 is 0 Å². The monoisotopic (exact) mass is 357 g/mol. The molecule has 8 heteroatoms. The van der Waals surface area contributed by atoms with Gasteiger partial charge in [0.1, 0.15) is 0 Å². The molecule has 0 fully saturated rings. The molecule has 1 atom stereocenters. The summed E-state index contributed by atoms with van der Waals surface area (Å²) in [5.74, 6) is -0.511. The molecule has 3 rings (SSSR count). The summed E-state index contributed by atoms with van der Waals surface area (Å²) in [6.45, 7) is 3.45. The van der Waals surface area contributed by atoms with Gasteiger partial charge in [0.05, 0.1) is 15.9 Å². The van der Waals surface area contributed by atoms with Gasteiger partial charge in [0.15, 0.2) is 0 Å². The Kier molecular flexibility index (Phi) is 4.45. The highest BCUT2D eigenvalue weighted by Crippen LogP contribution is 2.36. The molecule has 0 saturated carbocycles. The smallest absolute Gasteiger partial charge is 0.274 e. The molecule has 0 spiro atoms. The van der Waals surface area contributed by atoms with Crippen LogP contribution in [0, 0.1) is 17.0 Å². The van der Waals surface area contributed by atoms with Crippen molar-refractivity contribution in [1.29, 1.82) is 0 Å². The second kappa shape index (κ2) is 6.56. The van der Waals surface area contributed by atoms with Gasteiger partial charge in [-0.1, -0.05) is 6.07 Å². The zero-order valence-corrected chi connectivity index (χ0v) is 14.3. The average Bonchev–Trinajstić information content (AvgIpc) is 2.57. The standard InChI is InChI=1S/C17H15N3O4S/c1-9-3-5-12(8-14(9)20(23)24)18-17(22)11-4-6-15-13(7-11)19-16(21)10(2)25-15/h3-8,10H,1-2H3,(H,18,22)(H,19,21). The number of fused-ring (bicyclic) bond motifs is 1. The van der Waals surface area contributed by atoms with Crippen LogP contribution in [0.25, 0.3) is 0 Å². The maximum Gasteiger partial charge on any atom is 0.274 e. The fourth-order valence-electron chi connectivity index (χ4n) is 2.44. The fraction of sp³-hybridized carbons (Fsp3) is 0.176. The molecule has 2 amide bonds. The number of thioether (sulfide) groups is 1. The molecule has 1 unspecified atom stereocenters. The van der Waals surface area contributed by atoms with E-state index in [1.54, 1.807) is 37.3 Å². The molecule has 0 aliphatic carbocycles. The lowest BCUT2D eigenvalue weighted by molar-refractivity contribution is -0.385. The minimum atomic E-state index is -0.488. The number of benzene rings is 2. The molecule has 0 bridgehead atoms. The molecule has 0 aromatic heterocycles. The molecular formula is C17H15N3O4S. The van der Waals surface area contributed by atoms with Crippen LogP contribution in [0.5, 0.6) is 0 Å². The van der Waals surface area contributed by atoms with E-state index in [-0.39, 0.29) is 16.8 Å². The Morgan fingerprint density at radius 2 is 2.04 bits per heavy atom. The van der Waals surface area contributed by atoms with Crippen LogP contribution in [0.15, 0.2) is 41.3 Å². The van der Waals surface area contributed by atoms with Gasteiger partial charge in [0.25, 0.3) is 11.6 Å². The van der Waals surface area contributed by atoms with E-state index in [4.69, 9.17) is 0 Å². The third kappa shape index (κ3) is 3.48. The van der Waals surface area contributed by atoms with Crippen LogP contribution >= 0.6 is 11.8 Å². The molecule has 2 aromatic rings. The van der Waals surface area contributed by atoms with Crippen molar-refractivity contribution in [3.05, 3.63) is 57.6 Å². The number of carbonyl (C=O) groups excluding carboxylic acids is 2. The van der Waals surface area contributed by atoms with Gasteiger partial charge >= 0.3 is 0 Å². The predicted octanol–water partition coefficient (Wildman–Crippen LogP) is 3.59. The SMILES string of the molecule is Cc1ccc(NC(=O)c2ccc3c(c2)NC(=O)C(C)S3)cc1[N+](=O)[O-]. The highest BCUT2D eigenvalue weighted by Gasteiger charge is 2.24. The molecule has 2 aromatic carbocycles. The number of nitro groups is 1. The molecule has 2 N–H and O–H groups in total. The Bertz CT molecular complexity index is 897. The third-order valence-corrected chi connectivity index (χ3v) is 5.01. The fourth-order valence-corrected chi connectivity index (χ4v) is 3.37. The van der Waals surface area contributed by atoms with E-state index < -0.39 is 10.8 Å². The minimum absolute atomic E-state index is 0.0547. The lowest BCUT2D eigenvalue weighted by atomic mass is 10.1. The van der Waals surface area contributed by atoms with Crippen LogP contribution in [0.4, 0.5) is 17.1 Å². The lowest BCUT2D eigenvalue weighted by Crippen LogP contribution is -2.26. The second-order valence-corrected chi connectivity index (χ2v) is 7.06. The summed E-state index contributed by atoms with van der Waals surface area (Å²) in [4.78, 5) is 35.6. The van der Waals surface area contributed by atoms with Crippen LogP contribution in [0.3, 0.4) is 0 Å². The van der Waals surface area contributed by atoms with Crippen molar-refractivity contribution in [2.24, 2.45) is 0 Å². The van der Waals surface area contributed by atoms with Gasteiger partial charge < -0.3 is 10.6 Å².